The number of amides is 2. The van der Waals surface area contributed by atoms with E-state index in [9.17, 15) is 14.7 Å². The SMILES string of the molecule is CCNC(=NCC(C)(O)c1ccc(C)o1)NCCCCN1C(=O)c2ccccc2C1=O.I. The lowest BCUT2D eigenvalue weighted by Crippen LogP contribution is -2.39. The van der Waals surface area contributed by atoms with Gasteiger partial charge in [-0.25, -0.2) is 4.99 Å². The van der Waals surface area contributed by atoms with Crippen LogP contribution >= 0.6 is 24.0 Å². The first-order chi connectivity index (χ1) is 14.8. The number of furan rings is 1. The molecule has 2 aromatic rings. The summed E-state index contributed by atoms with van der Waals surface area (Å²) in [6.45, 7) is 7.29. The van der Waals surface area contributed by atoms with E-state index in [1.54, 1.807) is 37.3 Å². The molecule has 0 saturated heterocycles. The maximum Gasteiger partial charge on any atom is 0.261 e. The number of aliphatic hydroxyl groups is 1. The quantitative estimate of drug-likeness (QED) is 0.145. The number of fused-ring (bicyclic) bond motifs is 1. The lowest BCUT2D eigenvalue weighted by molar-refractivity contribution is 0.0428. The van der Waals surface area contributed by atoms with Gasteiger partial charge in [0.15, 0.2) is 5.96 Å². The number of halogens is 1. The predicted octanol–water partition coefficient (Wildman–Crippen LogP) is 3.05. The second-order valence-electron chi connectivity index (χ2n) is 7.82. The van der Waals surface area contributed by atoms with Gasteiger partial charge in [0.05, 0.1) is 17.7 Å². The fraction of sp³-hybridized carbons (Fsp3) is 0.435. The van der Waals surface area contributed by atoms with E-state index in [0.29, 0.717) is 48.9 Å². The minimum atomic E-state index is -1.21. The van der Waals surface area contributed by atoms with Crippen LogP contribution in [0, 0.1) is 6.92 Å². The normalized spacial score (nSPS) is 15.2. The minimum absolute atomic E-state index is 0. The Labute approximate surface area is 205 Å². The number of carbonyl (C=O) groups excluding carboxylic acids is 2. The third-order valence-corrected chi connectivity index (χ3v) is 5.14. The molecular formula is C23H31IN4O4. The summed E-state index contributed by atoms with van der Waals surface area (Å²) >= 11 is 0. The molecule has 1 aromatic carbocycles. The highest BCUT2D eigenvalue weighted by atomic mass is 127. The van der Waals surface area contributed by atoms with Crippen LogP contribution in [0.2, 0.25) is 0 Å². The number of benzene rings is 1. The number of aliphatic imine (C=N–C) groups is 1. The molecule has 1 aliphatic rings. The van der Waals surface area contributed by atoms with Crippen molar-refractivity contribution < 1.29 is 19.1 Å². The Kier molecular flexibility index (Phi) is 9.26. The molecule has 1 atom stereocenters. The maximum atomic E-state index is 12.4. The molecule has 0 aliphatic carbocycles. The molecule has 0 fully saturated rings. The number of hydrogen-bond acceptors (Lipinski definition) is 5. The molecule has 1 aliphatic heterocycles. The molecule has 0 saturated carbocycles. The Bertz CT molecular complexity index is 935. The zero-order valence-electron chi connectivity index (χ0n) is 18.7. The third kappa shape index (κ3) is 6.10. The molecular weight excluding hydrogens is 523 g/mol. The number of unbranched alkanes of at least 4 members (excludes halogenated alkanes) is 1. The zero-order chi connectivity index (χ0) is 22.4. The zero-order valence-corrected chi connectivity index (χ0v) is 21.0. The molecule has 9 heteroatoms. The van der Waals surface area contributed by atoms with Crippen LogP contribution in [-0.4, -0.2) is 54.0 Å². The van der Waals surface area contributed by atoms with Gasteiger partial charge in [-0.15, -0.1) is 24.0 Å². The number of guanidine groups is 1. The topological polar surface area (TPSA) is 107 Å². The van der Waals surface area contributed by atoms with Crippen molar-refractivity contribution in [2.75, 3.05) is 26.2 Å². The van der Waals surface area contributed by atoms with Gasteiger partial charge < -0.3 is 20.2 Å². The molecule has 3 rings (SSSR count). The number of hydrogen-bond donors (Lipinski definition) is 3. The van der Waals surface area contributed by atoms with E-state index in [1.807, 2.05) is 19.9 Å². The molecule has 2 heterocycles. The number of carbonyl (C=O) groups is 2. The molecule has 2 amide bonds. The van der Waals surface area contributed by atoms with Crippen molar-refractivity contribution in [3.63, 3.8) is 0 Å². The van der Waals surface area contributed by atoms with E-state index in [-0.39, 0.29) is 42.3 Å². The van der Waals surface area contributed by atoms with Gasteiger partial charge in [0.2, 0.25) is 0 Å². The summed E-state index contributed by atoms with van der Waals surface area (Å²) in [6, 6.07) is 10.5. The van der Waals surface area contributed by atoms with Crippen LogP contribution in [-0.2, 0) is 5.60 Å². The highest BCUT2D eigenvalue weighted by molar-refractivity contribution is 14.0. The molecule has 0 bridgehead atoms. The monoisotopic (exact) mass is 554 g/mol. The van der Waals surface area contributed by atoms with Gasteiger partial charge in [0.25, 0.3) is 11.8 Å². The smallest absolute Gasteiger partial charge is 0.261 e. The van der Waals surface area contributed by atoms with Crippen molar-refractivity contribution >= 4 is 41.8 Å². The third-order valence-electron chi connectivity index (χ3n) is 5.14. The van der Waals surface area contributed by atoms with E-state index >= 15 is 0 Å². The first-order valence-electron chi connectivity index (χ1n) is 10.6. The Morgan fingerprint density at radius 1 is 1.09 bits per heavy atom. The van der Waals surface area contributed by atoms with Crippen molar-refractivity contribution in [3.8, 4) is 0 Å². The van der Waals surface area contributed by atoms with Crippen molar-refractivity contribution in [2.24, 2.45) is 4.99 Å². The number of rotatable bonds is 9. The Hall–Kier alpha value is -2.40. The second-order valence-corrected chi connectivity index (χ2v) is 7.82. The molecule has 1 unspecified atom stereocenters. The fourth-order valence-electron chi connectivity index (χ4n) is 3.42. The van der Waals surface area contributed by atoms with Gasteiger partial charge >= 0.3 is 0 Å². The molecule has 32 heavy (non-hydrogen) atoms. The van der Waals surface area contributed by atoms with Gasteiger partial charge in [-0.2, -0.15) is 0 Å². The Morgan fingerprint density at radius 3 is 2.31 bits per heavy atom. The van der Waals surface area contributed by atoms with Crippen LogP contribution < -0.4 is 10.6 Å². The highest BCUT2D eigenvalue weighted by Gasteiger charge is 2.34. The van der Waals surface area contributed by atoms with Crippen molar-refractivity contribution in [2.45, 2.75) is 39.2 Å². The van der Waals surface area contributed by atoms with E-state index < -0.39 is 5.60 Å². The van der Waals surface area contributed by atoms with Gasteiger partial charge in [0, 0.05) is 19.6 Å². The summed E-state index contributed by atoms with van der Waals surface area (Å²) in [5.41, 5.74) is -0.251. The standard InChI is InChI=1S/C23H30N4O4.HI/c1-4-24-22(26-15-23(3,30)19-12-11-16(2)31-19)25-13-7-8-14-27-20(28)17-9-5-6-10-18(17)21(27)29;/h5-6,9-12,30H,4,7-8,13-15H2,1-3H3,(H2,24,25,26);1H. The van der Waals surface area contributed by atoms with Crippen LogP contribution in [0.3, 0.4) is 0 Å². The second kappa shape index (κ2) is 11.5. The Balaban J connectivity index is 0.00000363. The van der Waals surface area contributed by atoms with Gasteiger partial charge in [0.1, 0.15) is 17.1 Å². The van der Waals surface area contributed by atoms with Gasteiger partial charge in [-0.1, -0.05) is 12.1 Å². The minimum Gasteiger partial charge on any atom is -0.463 e. The fourth-order valence-corrected chi connectivity index (χ4v) is 3.42. The Morgan fingerprint density at radius 2 is 1.75 bits per heavy atom. The summed E-state index contributed by atoms with van der Waals surface area (Å²) in [7, 11) is 0. The van der Waals surface area contributed by atoms with Crippen molar-refractivity contribution in [1.82, 2.24) is 15.5 Å². The maximum absolute atomic E-state index is 12.4. The average molecular weight is 554 g/mol. The van der Waals surface area contributed by atoms with Crippen LogP contribution in [0.25, 0.3) is 0 Å². The van der Waals surface area contributed by atoms with Crippen molar-refractivity contribution in [1.29, 1.82) is 0 Å². The number of nitrogens with one attached hydrogen (secondary N) is 2. The summed E-state index contributed by atoms with van der Waals surface area (Å²) in [6.07, 6.45) is 1.44. The van der Waals surface area contributed by atoms with Gasteiger partial charge in [-0.05, 0) is 57.9 Å². The molecule has 8 nitrogen and oxygen atoms in total. The lowest BCUT2D eigenvalue weighted by atomic mass is 10.0. The van der Waals surface area contributed by atoms with E-state index in [1.165, 1.54) is 4.90 Å². The highest BCUT2D eigenvalue weighted by Crippen LogP contribution is 2.23. The molecule has 1 aromatic heterocycles. The van der Waals surface area contributed by atoms with Crippen LogP contribution in [0.5, 0.6) is 0 Å². The van der Waals surface area contributed by atoms with Crippen LogP contribution in [0.4, 0.5) is 0 Å². The largest absolute Gasteiger partial charge is 0.463 e. The summed E-state index contributed by atoms with van der Waals surface area (Å²) in [5.74, 6) is 1.36. The van der Waals surface area contributed by atoms with E-state index in [2.05, 4.69) is 15.6 Å². The first kappa shape index (κ1) is 25.9. The first-order valence-corrected chi connectivity index (χ1v) is 10.6. The molecule has 0 spiro atoms. The number of nitrogens with zero attached hydrogens (tertiary/aromatic N) is 2. The lowest BCUT2D eigenvalue weighted by Gasteiger charge is -2.20. The van der Waals surface area contributed by atoms with E-state index in [0.717, 1.165) is 12.2 Å². The summed E-state index contributed by atoms with van der Waals surface area (Å²) in [5, 5.41) is 17.0. The van der Waals surface area contributed by atoms with Gasteiger partial charge in [-0.3, -0.25) is 14.5 Å². The number of imide groups is 1. The average Bonchev–Trinajstić information content (AvgIpc) is 3.29. The van der Waals surface area contributed by atoms with Crippen LogP contribution in [0.15, 0.2) is 45.8 Å². The molecule has 3 N–H and O–H groups in total. The predicted molar refractivity (Wildman–Crippen MR) is 133 cm³/mol. The molecule has 174 valence electrons. The van der Waals surface area contributed by atoms with Crippen LogP contribution in [0.1, 0.15) is 58.9 Å². The van der Waals surface area contributed by atoms with E-state index in [4.69, 9.17) is 4.42 Å². The summed E-state index contributed by atoms with van der Waals surface area (Å²) < 4.78 is 5.52. The van der Waals surface area contributed by atoms with Crippen molar-refractivity contribution in [3.05, 3.63) is 59.0 Å². The number of aryl methyl sites for hydroxylation is 1. The molecule has 0 radical (unpaired) electrons. The summed E-state index contributed by atoms with van der Waals surface area (Å²) in [4.78, 5) is 30.6.